The van der Waals surface area contributed by atoms with E-state index in [1.807, 2.05) is 30.4 Å². The van der Waals surface area contributed by atoms with Gasteiger partial charge >= 0.3 is 5.91 Å². The van der Waals surface area contributed by atoms with Gasteiger partial charge in [-0.15, -0.1) is 0 Å². The number of aliphatic hydroxyl groups is 1. The van der Waals surface area contributed by atoms with Gasteiger partial charge in [-0.05, 0) is 17.7 Å². The van der Waals surface area contributed by atoms with Gasteiger partial charge in [-0.3, -0.25) is 19.5 Å². The first-order valence-corrected chi connectivity index (χ1v) is 11.0. The lowest BCUT2D eigenvalue weighted by Crippen LogP contribution is -2.33. The van der Waals surface area contributed by atoms with Crippen LogP contribution in [0.15, 0.2) is 89.5 Å². The molecule has 1 fully saturated rings. The van der Waals surface area contributed by atoms with E-state index in [4.69, 9.17) is 16.6 Å². The molecule has 3 unspecified atom stereocenters. The predicted octanol–water partition coefficient (Wildman–Crippen LogP) is 4.73. The van der Waals surface area contributed by atoms with Crippen molar-refractivity contribution < 1.29 is 14.7 Å². The summed E-state index contributed by atoms with van der Waals surface area (Å²) < 4.78 is 0. The summed E-state index contributed by atoms with van der Waals surface area (Å²) in [7, 11) is 0. The van der Waals surface area contributed by atoms with Crippen LogP contribution in [-0.2, 0) is 9.59 Å². The molecule has 2 aromatic rings. The highest BCUT2D eigenvalue weighted by atomic mass is 35.5. The van der Waals surface area contributed by atoms with Gasteiger partial charge in [0, 0.05) is 10.6 Å². The number of hydrogen-bond donors (Lipinski definition) is 1. The Hall–Kier alpha value is -3.09. The van der Waals surface area contributed by atoms with Crippen LogP contribution in [0.2, 0.25) is 5.02 Å². The number of aliphatic hydroxyl groups excluding tert-OH is 1. The number of likely N-dealkylation sites (tertiary alicyclic amines) is 1. The van der Waals surface area contributed by atoms with Gasteiger partial charge in [0.1, 0.15) is 5.76 Å². The third kappa shape index (κ3) is 3.42. The number of ketones is 1. The van der Waals surface area contributed by atoms with Crippen molar-refractivity contribution in [2.45, 2.75) is 17.3 Å². The van der Waals surface area contributed by atoms with E-state index in [9.17, 15) is 14.7 Å². The maximum atomic E-state index is 13.2. The Bertz CT molecular complexity index is 1190. The lowest BCUT2D eigenvalue weighted by molar-refractivity contribution is -0.137. The summed E-state index contributed by atoms with van der Waals surface area (Å²) in [5.74, 6) is -1.64. The minimum atomic E-state index is -0.795. The summed E-state index contributed by atoms with van der Waals surface area (Å²) in [4.78, 5) is 32.4. The second kappa shape index (κ2) is 7.87. The zero-order chi connectivity index (χ0) is 21.5. The van der Waals surface area contributed by atoms with Crippen LogP contribution in [-0.4, -0.2) is 38.2 Å². The highest BCUT2D eigenvalue weighted by Crippen LogP contribution is 2.44. The Balaban J connectivity index is 1.66. The first-order valence-electron chi connectivity index (χ1n) is 9.76. The van der Waals surface area contributed by atoms with Crippen molar-refractivity contribution in [2.75, 3.05) is 0 Å². The Labute approximate surface area is 188 Å². The molecule has 5 nitrogen and oxygen atoms in total. The standard InChI is InChI=1S/C24H17ClN2O3S/c25-16-12-10-14(11-13-16)20-19(21(28)15-6-2-1-3-7-15)22(29)23(30)27(20)24-26-17-8-4-5-9-18(17)31-24/h1-13,17-18,20,28H. The highest BCUT2D eigenvalue weighted by molar-refractivity contribution is 8.14. The Morgan fingerprint density at radius 2 is 1.71 bits per heavy atom. The van der Waals surface area contributed by atoms with Crippen LogP contribution in [0.4, 0.5) is 0 Å². The number of fused-ring (bicyclic) bond motifs is 1. The Morgan fingerprint density at radius 1 is 1.00 bits per heavy atom. The molecular formula is C24H17ClN2O3S. The molecule has 3 atom stereocenters. The molecule has 0 aromatic heterocycles. The van der Waals surface area contributed by atoms with Gasteiger partial charge in [-0.25, -0.2) is 0 Å². The molecule has 1 aliphatic carbocycles. The first-order chi connectivity index (χ1) is 15.0. The van der Waals surface area contributed by atoms with Crippen molar-refractivity contribution in [1.29, 1.82) is 0 Å². The fourth-order valence-corrected chi connectivity index (χ4v) is 5.26. The smallest absolute Gasteiger partial charge is 0.301 e. The number of amides is 1. The Kier molecular flexibility index (Phi) is 5.04. The van der Waals surface area contributed by atoms with Gasteiger partial charge in [0.25, 0.3) is 5.78 Å². The zero-order valence-electron chi connectivity index (χ0n) is 16.2. The number of aliphatic imine (C=N–C) groups is 1. The van der Waals surface area contributed by atoms with Crippen LogP contribution in [0.1, 0.15) is 17.2 Å². The minimum Gasteiger partial charge on any atom is -0.507 e. The second-order valence-electron chi connectivity index (χ2n) is 7.34. The molecule has 2 aromatic carbocycles. The molecule has 0 saturated carbocycles. The quantitative estimate of drug-likeness (QED) is 0.409. The fourth-order valence-electron chi connectivity index (χ4n) is 3.94. The summed E-state index contributed by atoms with van der Waals surface area (Å²) in [6.45, 7) is 0. The number of carbonyl (C=O) groups excluding carboxylic acids is 2. The molecule has 31 heavy (non-hydrogen) atoms. The van der Waals surface area contributed by atoms with Gasteiger partial charge in [0.2, 0.25) is 0 Å². The van der Waals surface area contributed by atoms with E-state index in [2.05, 4.69) is 0 Å². The van der Waals surface area contributed by atoms with Crippen LogP contribution >= 0.6 is 23.4 Å². The third-order valence-corrected chi connectivity index (χ3v) is 6.91. The summed E-state index contributed by atoms with van der Waals surface area (Å²) in [5.41, 5.74) is 1.19. The molecular weight excluding hydrogens is 432 g/mol. The number of rotatable bonds is 2. The van der Waals surface area contributed by atoms with Crippen molar-refractivity contribution in [3.8, 4) is 0 Å². The number of hydrogen-bond acceptors (Lipinski definition) is 5. The van der Waals surface area contributed by atoms with Crippen LogP contribution in [0.25, 0.3) is 5.76 Å². The van der Waals surface area contributed by atoms with Crippen molar-refractivity contribution in [2.24, 2.45) is 4.99 Å². The number of nitrogens with zero attached hydrogens (tertiary/aromatic N) is 2. The largest absolute Gasteiger partial charge is 0.507 e. The molecule has 2 heterocycles. The van der Waals surface area contributed by atoms with Crippen molar-refractivity contribution in [3.63, 3.8) is 0 Å². The summed E-state index contributed by atoms with van der Waals surface area (Å²) in [6, 6.07) is 14.8. The number of amidine groups is 1. The normalized spacial score (nSPS) is 26.3. The maximum Gasteiger partial charge on any atom is 0.301 e. The number of allylic oxidation sites excluding steroid dienone is 2. The molecule has 5 rings (SSSR count). The van der Waals surface area contributed by atoms with E-state index < -0.39 is 17.7 Å². The highest BCUT2D eigenvalue weighted by Gasteiger charge is 2.50. The molecule has 7 heteroatoms. The van der Waals surface area contributed by atoms with Crippen LogP contribution < -0.4 is 0 Å². The van der Waals surface area contributed by atoms with E-state index in [0.717, 1.165) is 0 Å². The third-order valence-electron chi connectivity index (χ3n) is 5.44. The molecule has 0 radical (unpaired) electrons. The van der Waals surface area contributed by atoms with Gasteiger partial charge in [-0.1, -0.05) is 90.1 Å². The zero-order valence-corrected chi connectivity index (χ0v) is 17.8. The van der Waals surface area contributed by atoms with E-state index in [0.29, 0.717) is 21.3 Å². The molecule has 154 valence electrons. The monoisotopic (exact) mass is 448 g/mol. The number of thioether (sulfide) groups is 1. The SMILES string of the molecule is O=C1C(=O)N(C2=NC3C=CC=CC3S2)C(c2ccc(Cl)cc2)C1=C(O)c1ccccc1. The van der Waals surface area contributed by atoms with E-state index in [1.54, 1.807) is 48.5 Å². The minimum absolute atomic E-state index is 0.0442. The average molecular weight is 449 g/mol. The molecule has 1 amide bonds. The fraction of sp³-hybridized carbons (Fsp3) is 0.125. The van der Waals surface area contributed by atoms with Crippen molar-refractivity contribution in [3.05, 3.63) is 101 Å². The van der Waals surface area contributed by atoms with E-state index in [1.165, 1.54) is 16.7 Å². The van der Waals surface area contributed by atoms with Crippen molar-refractivity contribution in [1.82, 2.24) is 4.90 Å². The molecule has 0 spiro atoms. The predicted molar refractivity (Wildman–Crippen MR) is 123 cm³/mol. The van der Waals surface area contributed by atoms with Gasteiger partial charge in [0.05, 0.1) is 22.9 Å². The van der Waals surface area contributed by atoms with Gasteiger partial charge < -0.3 is 5.11 Å². The molecule has 0 bridgehead atoms. The van der Waals surface area contributed by atoms with Crippen LogP contribution in [0, 0.1) is 0 Å². The van der Waals surface area contributed by atoms with Crippen LogP contribution in [0.5, 0.6) is 0 Å². The topological polar surface area (TPSA) is 70.0 Å². The lowest BCUT2D eigenvalue weighted by Gasteiger charge is -2.24. The number of Topliss-reactive ketones (excluding diaryl/α,β-unsaturated/α-hetero) is 1. The van der Waals surface area contributed by atoms with Crippen molar-refractivity contribution >= 4 is 46.0 Å². The Morgan fingerprint density at radius 3 is 2.42 bits per heavy atom. The summed E-state index contributed by atoms with van der Waals surface area (Å²) in [5, 5.41) is 12.1. The second-order valence-corrected chi connectivity index (χ2v) is 8.92. The molecule has 1 N–H and O–H groups in total. The number of benzene rings is 2. The van der Waals surface area contributed by atoms with Gasteiger partial charge in [0.15, 0.2) is 5.17 Å². The van der Waals surface area contributed by atoms with E-state index in [-0.39, 0.29) is 22.6 Å². The molecule has 3 aliphatic rings. The first kappa shape index (κ1) is 19.8. The van der Waals surface area contributed by atoms with E-state index >= 15 is 0 Å². The maximum absolute atomic E-state index is 13.2. The van der Waals surface area contributed by atoms with Crippen LogP contribution in [0.3, 0.4) is 0 Å². The summed E-state index contributed by atoms with van der Waals surface area (Å²) in [6.07, 6.45) is 7.88. The number of halogens is 1. The molecule has 1 saturated heterocycles. The van der Waals surface area contributed by atoms with Gasteiger partial charge in [-0.2, -0.15) is 0 Å². The number of carbonyl (C=O) groups is 2. The lowest BCUT2D eigenvalue weighted by atomic mass is 9.95. The average Bonchev–Trinajstić information content (AvgIpc) is 3.33. The summed E-state index contributed by atoms with van der Waals surface area (Å²) >= 11 is 7.51. The molecule has 2 aliphatic heterocycles.